The first-order valence-electron chi connectivity index (χ1n) is 13.9. The van der Waals surface area contributed by atoms with Crippen molar-refractivity contribution in [1.82, 2.24) is 10.2 Å². The van der Waals surface area contributed by atoms with Crippen molar-refractivity contribution in [3.8, 4) is 0 Å². The summed E-state index contributed by atoms with van der Waals surface area (Å²) in [5.41, 5.74) is -0.923. The summed E-state index contributed by atoms with van der Waals surface area (Å²) in [5.74, 6) is -2.83. The van der Waals surface area contributed by atoms with Crippen LogP contribution in [0.4, 0.5) is 23.7 Å². The number of carbonyl (C=O) groups excluding carboxylic acids is 2. The van der Waals surface area contributed by atoms with Crippen LogP contribution in [0.1, 0.15) is 65.7 Å². The number of anilines is 1. The van der Waals surface area contributed by atoms with Crippen LogP contribution in [0.5, 0.6) is 0 Å². The Morgan fingerprint density at radius 1 is 0.976 bits per heavy atom. The van der Waals surface area contributed by atoms with Crippen molar-refractivity contribution >= 4 is 37.5 Å². The number of sulfonamides is 1. The van der Waals surface area contributed by atoms with E-state index in [1.54, 1.807) is 37.4 Å². The van der Waals surface area contributed by atoms with Gasteiger partial charge in [-0.1, -0.05) is 0 Å². The molecule has 15 heteroatoms. The van der Waals surface area contributed by atoms with Crippen LogP contribution in [0.3, 0.4) is 0 Å². The van der Waals surface area contributed by atoms with Gasteiger partial charge in [0.1, 0.15) is 11.6 Å². The van der Waals surface area contributed by atoms with Gasteiger partial charge in [0.05, 0.1) is 10.6 Å². The van der Waals surface area contributed by atoms with Crippen LogP contribution in [0, 0.1) is 11.8 Å². The number of alkyl halides is 3. The number of nitrogens with one attached hydrogen (secondary N) is 2. The Kier molecular flexibility index (Phi) is 10.5. The molecule has 0 heterocycles. The van der Waals surface area contributed by atoms with Crippen LogP contribution in [-0.4, -0.2) is 76.2 Å². The summed E-state index contributed by atoms with van der Waals surface area (Å²) in [6.07, 6.45) is -0.689. The molecule has 1 aromatic carbocycles. The highest BCUT2D eigenvalue weighted by atomic mass is 32.2. The van der Waals surface area contributed by atoms with Gasteiger partial charge in [-0.3, -0.25) is 9.52 Å². The first-order chi connectivity index (χ1) is 19.2. The third-order valence-corrected chi connectivity index (χ3v) is 10.7. The number of rotatable bonds is 10. The largest absolute Gasteiger partial charge is 0.444 e. The van der Waals surface area contributed by atoms with Gasteiger partial charge in [0.25, 0.3) is 0 Å². The molecule has 0 spiro atoms. The number of alkyl carbamates (subject to hydrolysis) is 1. The SMILES string of the molecule is CN(C(=O)C(NC(=O)OC(C)(C)C)C1CCC(CS(=O)(=O)c2ccc(NS(=O)(=O)CC(F)(F)F)cc2)CC1)C1CCC1. The zero-order valence-electron chi connectivity index (χ0n) is 24.2. The van der Waals surface area contributed by atoms with E-state index in [-0.39, 0.29) is 40.1 Å². The monoisotopic (exact) mass is 639 g/mol. The van der Waals surface area contributed by atoms with Gasteiger partial charge >= 0.3 is 12.3 Å². The first-order valence-corrected chi connectivity index (χ1v) is 17.2. The topological polar surface area (TPSA) is 139 Å². The highest BCUT2D eigenvalue weighted by Gasteiger charge is 2.39. The summed E-state index contributed by atoms with van der Waals surface area (Å²) in [6, 6.07) is 3.86. The minimum atomic E-state index is -4.92. The van der Waals surface area contributed by atoms with Crippen molar-refractivity contribution < 1.29 is 44.3 Å². The molecule has 3 rings (SSSR count). The van der Waals surface area contributed by atoms with E-state index in [4.69, 9.17) is 4.74 Å². The Morgan fingerprint density at radius 3 is 2.02 bits per heavy atom. The molecule has 0 aliphatic heterocycles. The predicted molar refractivity (Wildman–Crippen MR) is 151 cm³/mol. The molecule has 2 aliphatic carbocycles. The van der Waals surface area contributed by atoms with Gasteiger partial charge in [0.15, 0.2) is 15.6 Å². The maximum absolute atomic E-state index is 13.4. The molecule has 2 N–H and O–H groups in total. The molecule has 0 aromatic heterocycles. The van der Waals surface area contributed by atoms with Crippen molar-refractivity contribution in [1.29, 1.82) is 0 Å². The zero-order valence-corrected chi connectivity index (χ0v) is 25.9. The number of ether oxygens (including phenoxy) is 1. The van der Waals surface area contributed by atoms with Crippen LogP contribution >= 0.6 is 0 Å². The zero-order chi connectivity index (χ0) is 31.5. The fourth-order valence-electron chi connectivity index (χ4n) is 5.25. The molecule has 2 saturated carbocycles. The number of likely N-dealkylation sites (N-methyl/N-ethyl adjacent to an activating group) is 1. The van der Waals surface area contributed by atoms with Gasteiger partial charge in [-0.15, -0.1) is 0 Å². The van der Waals surface area contributed by atoms with E-state index in [2.05, 4.69) is 5.32 Å². The number of halogens is 3. The first kappa shape index (κ1) is 33.9. The summed E-state index contributed by atoms with van der Waals surface area (Å²) in [6.45, 7) is 5.19. The molecule has 1 aromatic rings. The van der Waals surface area contributed by atoms with Gasteiger partial charge in [-0.25, -0.2) is 21.6 Å². The van der Waals surface area contributed by atoms with E-state index < -0.39 is 49.5 Å². The van der Waals surface area contributed by atoms with Crippen LogP contribution in [0.25, 0.3) is 0 Å². The number of nitrogens with zero attached hydrogens (tertiary/aromatic N) is 1. The number of benzene rings is 1. The predicted octanol–water partition coefficient (Wildman–Crippen LogP) is 4.47. The standard InChI is InChI=1S/C27H40F3N3O7S2/c1-26(2,3)40-25(35)31-23(24(34)33(4)21-6-5-7-21)19-10-8-18(9-11-19)16-41(36,37)22-14-12-20(13-15-22)32-42(38,39)17-27(28,29)30/h12-15,18-19,21,23,32H,5-11,16-17H2,1-4H3,(H,31,35). The molecule has 0 bridgehead atoms. The molecule has 1 atom stereocenters. The molecule has 10 nitrogen and oxygen atoms in total. The van der Waals surface area contributed by atoms with Crippen molar-refractivity contribution in [3.63, 3.8) is 0 Å². The number of carbonyl (C=O) groups is 2. The highest BCUT2D eigenvalue weighted by molar-refractivity contribution is 7.92. The smallest absolute Gasteiger partial charge is 0.408 e. The van der Waals surface area contributed by atoms with Crippen molar-refractivity contribution in [3.05, 3.63) is 24.3 Å². The van der Waals surface area contributed by atoms with E-state index >= 15 is 0 Å². The van der Waals surface area contributed by atoms with Crippen LogP contribution in [0.15, 0.2) is 29.2 Å². The van der Waals surface area contributed by atoms with Crippen LogP contribution in [-0.2, 0) is 29.4 Å². The lowest BCUT2D eigenvalue weighted by atomic mass is 9.78. The second kappa shape index (κ2) is 13.0. The lowest BCUT2D eigenvalue weighted by Gasteiger charge is -2.40. The van der Waals surface area contributed by atoms with Gasteiger partial charge in [0.2, 0.25) is 15.9 Å². The van der Waals surface area contributed by atoms with Crippen molar-refractivity contribution in [2.75, 3.05) is 23.3 Å². The molecule has 42 heavy (non-hydrogen) atoms. The molecule has 238 valence electrons. The van der Waals surface area contributed by atoms with E-state index in [1.165, 1.54) is 0 Å². The summed E-state index contributed by atoms with van der Waals surface area (Å²) in [4.78, 5) is 27.6. The summed E-state index contributed by atoms with van der Waals surface area (Å²) >= 11 is 0. The fraction of sp³-hybridized carbons (Fsp3) is 0.704. The molecule has 0 radical (unpaired) electrons. The molecule has 2 aliphatic rings. The van der Waals surface area contributed by atoms with Crippen molar-refractivity contribution in [2.45, 2.75) is 94.5 Å². The fourth-order valence-corrected chi connectivity index (χ4v) is 7.94. The average molecular weight is 640 g/mol. The summed E-state index contributed by atoms with van der Waals surface area (Å²) in [7, 11) is -6.74. The third-order valence-electron chi connectivity index (χ3n) is 7.57. The van der Waals surface area contributed by atoms with Crippen LogP contribution < -0.4 is 10.0 Å². The minimum absolute atomic E-state index is 0.0786. The Bertz CT molecular complexity index is 1320. The minimum Gasteiger partial charge on any atom is -0.444 e. The Hall–Kier alpha value is -2.55. The van der Waals surface area contributed by atoms with E-state index in [9.17, 15) is 39.6 Å². The number of hydrogen-bond donors (Lipinski definition) is 2. The van der Waals surface area contributed by atoms with E-state index in [0.717, 1.165) is 43.5 Å². The lowest BCUT2D eigenvalue weighted by Crippen LogP contribution is -2.55. The third kappa shape index (κ3) is 10.0. The summed E-state index contributed by atoms with van der Waals surface area (Å²) in [5, 5.41) is 2.77. The van der Waals surface area contributed by atoms with Gasteiger partial charge < -0.3 is 15.0 Å². The molecular weight excluding hydrogens is 599 g/mol. The molecule has 0 saturated heterocycles. The second-order valence-electron chi connectivity index (χ2n) is 12.2. The summed E-state index contributed by atoms with van der Waals surface area (Å²) < 4.78 is 94.1. The molecule has 2 amide bonds. The highest BCUT2D eigenvalue weighted by Crippen LogP contribution is 2.35. The lowest BCUT2D eigenvalue weighted by molar-refractivity contribution is -0.137. The molecular formula is C27H40F3N3O7S2. The Labute approximate surface area is 245 Å². The van der Waals surface area contributed by atoms with E-state index in [0.29, 0.717) is 25.7 Å². The molecule has 1 unspecified atom stereocenters. The number of hydrogen-bond acceptors (Lipinski definition) is 7. The van der Waals surface area contributed by atoms with E-state index in [1.807, 2.05) is 0 Å². The second-order valence-corrected chi connectivity index (χ2v) is 16.0. The number of amides is 2. The average Bonchev–Trinajstić information content (AvgIpc) is 2.78. The molecule has 2 fully saturated rings. The van der Waals surface area contributed by atoms with Crippen molar-refractivity contribution in [2.24, 2.45) is 11.8 Å². The maximum atomic E-state index is 13.4. The van der Waals surface area contributed by atoms with Gasteiger partial charge in [-0.05, 0) is 102 Å². The van der Waals surface area contributed by atoms with Gasteiger partial charge in [-0.2, -0.15) is 13.2 Å². The number of sulfone groups is 1. The Morgan fingerprint density at radius 2 is 1.55 bits per heavy atom. The normalized spacial score (nSPS) is 21.1. The Balaban J connectivity index is 1.62. The van der Waals surface area contributed by atoms with Gasteiger partial charge in [0, 0.05) is 18.8 Å². The maximum Gasteiger partial charge on any atom is 0.408 e. The quantitative estimate of drug-likeness (QED) is 0.385. The van der Waals surface area contributed by atoms with Crippen LogP contribution in [0.2, 0.25) is 0 Å².